The smallest absolute Gasteiger partial charge is 0.414 e. The van der Waals surface area contributed by atoms with Crippen molar-refractivity contribution >= 4 is 29.2 Å². The quantitative estimate of drug-likeness (QED) is 0.353. The van der Waals surface area contributed by atoms with E-state index in [0.717, 1.165) is 0 Å². The number of carboxylic acid groups (broad SMARTS) is 2. The molecule has 0 unspecified atom stereocenters. The molecule has 0 aliphatic heterocycles. The largest absolute Gasteiger partial charge is 0.493 e. The van der Waals surface area contributed by atoms with Gasteiger partial charge in [0.25, 0.3) is 0 Å². The minimum atomic E-state index is -1.82. The molecule has 0 aliphatic rings. The van der Waals surface area contributed by atoms with E-state index in [1.807, 2.05) is 0 Å². The van der Waals surface area contributed by atoms with Crippen LogP contribution in [0.5, 0.6) is 5.75 Å². The second-order valence-electron chi connectivity index (χ2n) is 2.58. The monoisotopic (exact) mass is 262 g/mol. The van der Waals surface area contributed by atoms with E-state index >= 15 is 0 Å². The Morgan fingerprint density at radius 2 is 1.88 bits per heavy atom. The molecule has 1 aromatic rings. The third-order valence-electron chi connectivity index (χ3n) is 1.51. The molecular formula is C9H11ClN2O5. The Labute approximate surface area is 102 Å². The predicted molar refractivity (Wildman–Crippen MR) is 61.1 cm³/mol. The number of para-hydroxylation sites is 1. The lowest BCUT2D eigenvalue weighted by molar-refractivity contribution is -0.159. The number of hydrazine groups is 1. The van der Waals surface area contributed by atoms with Crippen LogP contribution in [-0.4, -0.2) is 29.3 Å². The van der Waals surface area contributed by atoms with Crippen molar-refractivity contribution in [2.45, 2.75) is 0 Å². The number of anilines is 1. The van der Waals surface area contributed by atoms with Gasteiger partial charge in [0.2, 0.25) is 0 Å². The van der Waals surface area contributed by atoms with Gasteiger partial charge in [-0.05, 0) is 12.1 Å². The van der Waals surface area contributed by atoms with E-state index in [2.05, 4.69) is 5.43 Å². The average molecular weight is 263 g/mol. The molecule has 0 heterocycles. The number of hydrogen-bond donors (Lipinski definition) is 4. The normalized spacial score (nSPS) is 8.65. The lowest BCUT2D eigenvalue weighted by Crippen LogP contribution is -2.09. The van der Waals surface area contributed by atoms with Crippen LogP contribution in [0.15, 0.2) is 18.2 Å². The number of nitrogens with one attached hydrogen (secondary N) is 1. The molecule has 0 fully saturated rings. The van der Waals surface area contributed by atoms with Gasteiger partial charge in [-0.1, -0.05) is 17.7 Å². The summed E-state index contributed by atoms with van der Waals surface area (Å²) in [7, 11) is 1.54. The number of methoxy groups -OCH3 is 1. The van der Waals surface area contributed by atoms with Gasteiger partial charge in [-0.2, -0.15) is 0 Å². The molecule has 0 saturated carbocycles. The van der Waals surface area contributed by atoms with Crippen LogP contribution in [0, 0.1) is 0 Å². The van der Waals surface area contributed by atoms with Gasteiger partial charge in [-0.3, -0.25) is 5.84 Å². The molecule has 17 heavy (non-hydrogen) atoms. The van der Waals surface area contributed by atoms with Gasteiger partial charge >= 0.3 is 11.9 Å². The molecule has 0 radical (unpaired) electrons. The molecule has 94 valence electrons. The highest BCUT2D eigenvalue weighted by Gasteiger charge is 2.04. The summed E-state index contributed by atoms with van der Waals surface area (Å²) in [6, 6.07) is 5.31. The second kappa shape index (κ2) is 7.31. The topological polar surface area (TPSA) is 122 Å². The molecule has 0 amide bonds. The van der Waals surface area contributed by atoms with E-state index in [1.165, 1.54) is 0 Å². The number of rotatable bonds is 2. The van der Waals surface area contributed by atoms with Gasteiger partial charge in [0.1, 0.15) is 0 Å². The maximum absolute atomic E-state index is 9.10. The van der Waals surface area contributed by atoms with Crippen LogP contribution in [0.25, 0.3) is 0 Å². The Bertz CT molecular complexity index is 398. The summed E-state index contributed by atoms with van der Waals surface area (Å²) in [5.41, 5.74) is 3.16. The highest BCUT2D eigenvalue weighted by Crippen LogP contribution is 2.31. The van der Waals surface area contributed by atoms with E-state index in [4.69, 9.17) is 42.0 Å². The molecule has 0 aromatic heterocycles. The molecule has 0 bridgehead atoms. The number of aliphatic carboxylic acids is 2. The molecule has 0 spiro atoms. The first-order chi connectivity index (χ1) is 7.93. The molecule has 8 heteroatoms. The Balaban J connectivity index is 0.000000366. The highest BCUT2D eigenvalue weighted by molar-refractivity contribution is 6.32. The van der Waals surface area contributed by atoms with Crippen molar-refractivity contribution < 1.29 is 24.5 Å². The first kappa shape index (κ1) is 15.0. The summed E-state index contributed by atoms with van der Waals surface area (Å²) in [5.74, 6) is 2.12. The van der Waals surface area contributed by atoms with Crippen LogP contribution in [0.2, 0.25) is 5.02 Å². The minimum Gasteiger partial charge on any atom is -0.493 e. The second-order valence-corrected chi connectivity index (χ2v) is 2.98. The van der Waals surface area contributed by atoms with Crippen LogP contribution in [0.1, 0.15) is 0 Å². The van der Waals surface area contributed by atoms with Crippen molar-refractivity contribution in [2.75, 3.05) is 12.5 Å². The number of nitrogen functional groups attached to an aromatic ring is 1. The van der Waals surface area contributed by atoms with E-state index in [9.17, 15) is 0 Å². The third kappa shape index (κ3) is 5.05. The van der Waals surface area contributed by atoms with Crippen LogP contribution < -0.4 is 16.0 Å². The molecule has 5 N–H and O–H groups in total. The van der Waals surface area contributed by atoms with Gasteiger partial charge in [0.15, 0.2) is 5.75 Å². The molecule has 0 saturated heterocycles. The number of nitrogens with two attached hydrogens (primary N) is 1. The molecule has 0 aliphatic carbocycles. The zero-order chi connectivity index (χ0) is 13.4. The van der Waals surface area contributed by atoms with Crippen molar-refractivity contribution in [1.82, 2.24) is 0 Å². The average Bonchev–Trinajstić information content (AvgIpc) is 2.29. The number of hydrogen-bond acceptors (Lipinski definition) is 5. The van der Waals surface area contributed by atoms with E-state index in [-0.39, 0.29) is 0 Å². The fourth-order valence-corrected chi connectivity index (χ4v) is 1.08. The zero-order valence-electron chi connectivity index (χ0n) is 8.81. The van der Waals surface area contributed by atoms with E-state index in [1.54, 1.807) is 25.3 Å². The van der Waals surface area contributed by atoms with Crippen molar-refractivity contribution in [3.63, 3.8) is 0 Å². The highest BCUT2D eigenvalue weighted by atomic mass is 35.5. The number of ether oxygens (including phenoxy) is 1. The zero-order valence-corrected chi connectivity index (χ0v) is 9.56. The molecular weight excluding hydrogens is 252 g/mol. The van der Waals surface area contributed by atoms with Crippen LogP contribution in [0.3, 0.4) is 0 Å². The molecule has 0 atom stereocenters. The summed E-state index contributed by atoms with van der Waals surface area (Å²) >= 11 is 5.79. The molecule has 7 nitrogen and oxygen atoms in total. The summed E-state index contributed by atoms with van der Waals surface area (Å²) < 4.78 is 4.99. The van der Waals surface area contributed by atoms with Gasteiger partial charge in [0.05, 0.1) is 17.8 Å². The fraction of sp³-hybridized carbons (Fsp3) is 0.111. The maximum Gasteiger partial charge on any atom is 0.414 e. The van der Waals surface area contributed by atoms with Crippen molar-refractivity contribution in [1.29, 1.82) is 0 Å². The predicted octanol–water partition coefficient (Wildman–Crippen LogP) is 0.790. The Morgan fingerprint density at radius 1 is 1.35 bits per heavy atom. The lowest BCUT2D eigenvalue weighted by Gasteiger charge is -2.07. The SMILES string of the molecule is COc1c(Cl)cccc1NN.O=C(O)C(=O)O. The van der Waals surface area contributed by atoms with E-state index < -0.39 is 11.9 Å². The molecule has 1 rings (SSSR count). The molecule has 1 aromatic carbocycles. The van der Waals surface area contributed by atoms with Gasteiger partial charge < -0.3 is 20.4 Å². The van der Waals surface area contributed by atoms with Gasteiger partial charge in [-0.25, -0.2) is 9.59 Å². The Kier molecular flexibility index (Phi) is 6.46. The number of carboxylic acids is 2. The summed E-state index contributed by atoms with van der Waals surface area (Å²) in [6.07, 6.45) is 0. The number of halogens is 1. The minimum absolute atomic E-state index is 0.544. The van der Waals surface area contributed by atoms with Gasteiger partial charge in [-0.15, -0.1) is 0 Å². The summed E-state index contributed by atoms with van der Waals surface area (Å²) in [6.45, 7) is 0. The van der Waals surface area contributed by atoms with Crippen molar-refractivity contribution in [2.24, 2.45) is 5.84 Å². The van der Waals surface area contributed by atoms with Crippen molar-refractivity contribution in [3.05, 3.63) is 23.2 Å². The van der Waals surface area contributed by atoms with Crippen LogP contribution in [0.4, 0.5) is 5.69 Å². The fourth-order valence-electron chi connectivity index (χ4n) is 0.830. The Hall–Kier alpha value is -1.99. The van der Waals surface area contributed by atoms with Crippen LogP contribution in [-0.2, 0) is 9.59 Å². The van der Waals surface area contributed by atoms with Gasteiger partial charge in [0, 0.05) is 0 Å². The number of carbonyl (C=O) groups is 2. The summed E-state index contributed by atoms with van der Waals surface area (Å²) in [5, 5.41) is 15.3. The van der Waals surface area contributed by atoms with E-state index in [0.29, 0.717) is 16.5 Å². The standard InChI is InChI=1S/C7H9ClN2O.C2H2O4/c1-11-7-5(8)3-2-4-6(7)10-9;3-1(4)2(5)6/h2-4,10H,9H2,1H3;(H,3,4)(H,5,6). The third-order valence-corrected chi connectivity index (χ3v) is 1.81. The van der Waals surface area contributed by atoms with Crippen molar-refractivity contribution in [3.8, 4) is 5.75 Å². The maximum atomic E-state index is 9.10. The number of benzene rings is 1. The Morgan fingerprint density at radius 3 is 2.18 bits per heavy atom. The lowest BCUT2D eigenvalue weighted by atomic mass is 10.3. The van der Waals surface area contributed by atoms with Crippen LogP contribution >= 0.6 is 11.6 Å². The summed E-state index contributed by atoms with van der Waals surface area (Å²) in [4.78, 5) is 18.2. The first-order valence-corrected chi connectivity index (χ1v) is 4.57. The first-order valence-electron chi connectivity index (χ1n) is 4.19.